The Labute approximate surface area is 95.5 Å². The van der Waals surface area contributed by atoms with Crippen LogP contribution in [0.1, 0.15) is 12.1 Å². The summed E-state index contributed by atoms with van der Waals surface area (Å²) in [7, 11) is 0. The number of aliphatic carboxylic acids is 1. The molecular weight excluding hydrogens is 232 g/mol. The SMILES string of the molecule is Cc1csc(=O)n1CC(=O)NCCC(=O)O. The Hall–Kier alpha value is -1.63. The van der Waals surface area contributed by atoms with Crippen LogP contribution in [-0.4, -0.2) is 28.1 Å². The standard InChI is InChI=1S/C9H12N2O4S/c1-6-5-16-9(15)11(6)4-7(12)10-3-2-8(13)14/h5H,2-4H2,1H3,(H,10,12)(H,13,14). The van der Waals surface area contributed by atoms with E-state index in [2.05, 4.69) is 5.32 Å². The molecule has 1 amide bonds. The number of nitrogens with zero attached hydrogens (tertiary/aromatic N) is 1. The molecule has 1 rings (SSSR count). The lowest BCUT2D eigenvalue weighted by atomic mass is 10.4. The van der Waals surface area contributed by atoms with E-state index in [1.54, 1.807) is 12.3 Å². The normalized spacial score (nSPS) is 10.1. The lowest BCUT2D eigenvalue weighted by Gasteiger charge is -2.05. The van der Waals surface area contributed by atoms with E-state index in [0.717, 1.165) is 17.0 Å². The predicted molar refractivity (Wildman–Crippen MR) is 58.6 cm³/mol. The average molecular weight is 244 g/mol. The van der Waals surface area contributed by atoms with Crippen LogP contribution in [0.15, 0.2) is 10.2 Å². The summed E-state index contributed by atoms with van der Waals surface area (Å²) < 4.78 is 1.35. The van der Waals surface area contributed by atoms with Gasteiger partial charge in [-0.05, 0) is 6.92 Å². The third-order valence-corrected chi connectivity index (χ3v) is 2.82. The van der Waals surface area contributed by atoms with Crippen molar-refractivity contribution in [3.63, 3.8) is 0 Å². The zero-order valence-corrected chi connectivity index (χ0v) is 9.54. The van der Waals surface area contributed by atoms with Crippen molar-refractivity contribution in [1.29, 1.82) is 0 Å². The Morgan fingerprint density at radius 3 is 2.75 bits per heavy atom. The van der Waals surface area contributed by atoms with Gasteiger partial charge in [-0.1, -0.05) is 11.3 Å². The molecule has 0 aliphatic heterocycles. The van der Waals surface area contributed by atoms with E-state index >= 15 is 0 Å². The summed E-state index contributed by atoms with van der Waals surface area (Å²) in [4.78, 5) is 32.6. The molecule has 7 heteroatoms. The number of hydrogen-bond donors (Lipinski definition) is 2. The van der Waals surface area contributed by atoms with Crippen molar-refractivity contribution in [3.8, 4) is 0 Å². The molecule has 0 bridgehead atoms. The first-order valence-electron chi connectivity index (χ1n) is 4.64. The maximum Gasteiger partial charge on any atom is 0.307 e. The molecular formula is C9H12N2O4S. The van der Waals surface area contributed by atoms with E-state index in [4.69, 9.17) is 5.11 Å². The minimum Gasteiger partial charge on any atom is -0.481 e. The van der Waals surface area contributed by atoms with Crippen LogP contribution in [0.5, 0.6) is 0 Å². The molecule has 6 nitrogen and oxygen atoms in total. The Kier molecular flexibility index (Phi) is 4.24. The number of thiazole rings is 1. The van der Waals surface area contributed by atoms with Crippen molar-refractivity contribution >= 4 is 23.2 Å². The number of carboxylic acids is 1. The van der Waals surface area contributed by atoms with Crippen molar-refractivity contribution in [1.82, 2.24) is 9.88 Å². The summed E-state index contributed by atoms with van der Waals surface area (Å²) in [5.41, 5.74) is 0.725. The lowest BCUT2D eigenvalue weighted by molar-refractivity contribution is -0.136. The van der Waals surface area contributed by atoms with Gasteiger partial charge in [0.25, 0.3) is 0 Å². The highest BCUT2D eigenvalue weighted by molar-refractivity contribution is 7.07. The van der Waals surface area contributed by atoms with Gasteiger partial charge in [0.15, 0.2) is 0 Å². The number of amides is 1. The zero-order valence-electron chi connectivity index (χ0n) is 8.73. The molecule has 2 N–H and O–H groups in total. The molecule has 0 atom stereocenters. The highest BCUT2D eigenvalue weighted by Crippen LogP contribution is 1.98. The minimum atomic E-state index is -0.968. The van der Waals surface area contributed by atoms with Crippen molar-refractivity contribution in [2.75, 3.05) is 6.54 Å². The topological polar surface area (TPSA) is 88.4 Å². The smallest absolute Gasteiger partial charge is 0.307 e. The fourth-order valence-corrected chi connectivity index (χ4v) is 1.84. The molecule has 1 aromatic heterocycles. The van der Waals surface area contributed by atoms with Crippen LogP contribution in [0.3, 0.4) is 0 Å². The van der Waals surface area contributed by atoms with E-state index in [9.17, 15) is 14.4 Å². The number of hydrogen-bond acceptors (Lipinski definition) is 4. The minimum absolute atomic E-state index is 0.0617. The van der Waals surface area contributed by atoms with Crippen molar-refractivity contribution in [2.45, 2.75) is 19.9 Å². The summed E-state index contributed by atoms with van der Waals surface area (Å²) in [5.74, 6) is -1.32. The number of nitrogens with one attached hydrogen (secondary N) is 1. The van der Waals surface area contributed by atoms with Gasteiger partial charge in [-0.2, -0.15) is 0 Å². The molecule has 0 radical (unpaired) electrons. The van der Waals surface area contributed by atoms with E-state index in [1.165, 1.54) is 4.57 Å². The first-order valence-corrected chi connectivity index (χ1v) is 5.52. The van der Waals surface area contributed by atoms with Gasteiger partial charge in [-0.3, -0.25) is 19.0 Å². The number of carbonyl (C=O) groups excluding carboxylic acids is 1. The summed E-state index contributed by atoms with van der Waals surface area (Å²) in [6, 6.07) is 0. The van der Waals surface area contributed by atoms with Crippen LogP contribution >= 0.6 is 11.3 Å². The molecule has 0 aromatic carbocycles. The third kappa shape index (κ3) is 3.50. The van der Waals surface area contributed by atoms with Crippen LogP contribution in [0.4, 0.5) is 0 Å². The summed E-state index contributed by atoms with van der Waals surface area (Å²) in [5, 5.41) is 12.5. The molecule has 16 heavy (non-hydrogen) atoms. The van der Waals surface area contributed by atoms with Gasteiger partial charge in [-0.25, -0.2) is 0 Å². The summed E-state index contributed by atoms with van der Waals surface area (Å²) in [6.07, 6.45) is -0.122. The van der Waals surface area contributed by atoms with Crippen LogP contribution in [0, 0.1) is 6.92 Å². The second-order valence-electron chi connectivity index (χ2n) is 3.22. The molecule has 0 saturated carbocycles. The Balaban J connectivity index is 2.46. The van der Waals surface area contributed by atoms with Gasteiger partial charge in [0, 0.05) is 17.6 Å². The number of carboxylic acid groups (broad SMARTS) is 1. The third-order valence-electron chi connectivity index (χ3n) is 1.94. The van der Waals surface area contributed by atoms with Gasteiger partial charge in [0.1, 0.15) is 6.54 Å². The molecule has 0 aliphatic carbocycles. The first-order chi connectivity index (χ1) is 7.50. The number of carbonyl (C=O) groups is 2. The average Bonchev–Trinajstić information content (AvgIpc) is 2.49. The van der Waals surface area contributed by atoms with E-state index in [0.29, 0.717) is 0 Å². The van der Waals surface area contributed by atoms with Crippen LogP contribution < -0.4 is 10.2 Å². The molecule has 0 aliphatic rings. The fraction of sp³-hybridized carbons (Fsp3) is 0.444. The monoisotopic (exact) mass is 244 g/mol. The zero-order chi connectivity index (χ0) is 12.1. The van der Waals surface area contributed by atoms with Crippen molar-refractivity contribution in [2.24, 2.45) is 0 Å². The molecule has 0 saturated heterocycles. The highest BCUT2D eigenvalue weighted by atomic mass is 32.1. The Bertz CT molecular complexity index is 449. The molecule has 1 heterocycles. The summed E-state index contributed by atoms with van der Waals surface area (Å²) in [6.45, 7) is 1.75. The first kappa shape index (κ1) is 12.4. The van der Waals surface area contributed by atoms with Crippen LogP contribution in [0.2, 0.25) is 0 Å². The maximum atomic E-state index is 11.3. The van der Waals surface area contributed by atoms with Crippen LogP contribution in [-0.2, 0) is 16.1 Å². The molecule has 0 fully saturated rings. The number of aryl methyl sites for hydroxylation is 1. The quantitative estimate of drug-likeness (QED) is 0.751. The van der Waals surface area contributed by atoms with E-state index in [1.807, 2.05) is 0 Å². The Morgan fingerprint density at radius 1 is 1.56 bits per heavy atom. The molecule has 0 unspecified atom stereocenters. The van der Waals surface area contributed by atoms with Gasteiger partial charge < -0.3 is 10.4 Å². The second-order valence-corrected chi connectivity index (χ2v) is 4.04. The molecule has 1 aromatic rings. The lowest BCUT2D eigenvalue weighted by Crippen LogP contribution is -2.32. The molecule has 0 spiro atoms. The van der Waals surface area contributed by atoms with Crippen LogP contribution in [0.25, 0.3) is 0 Å². The van der Waals surface area contributed by atoms with Gasteiger partial charge in [0.05, 0.1) is 6.42 Å². The number of rotatable bonds is 5. The van der Waals surface area contributed by atoms with Gasteiger partial charge >= 0.3 is 10.8 Å². The van der Waals surface area contributed by atoms with Gasteiger partial charge in [-0.15, -0.1) is 0 Å². The highest BCUT2D eigenvalue weighted by Gasteiger charge is 2.08. The Morgan fingerprint density at radius 2 is 2.25 bits per heavy atom. The molecule has 88 valence electrons. The number of aromatic nitrogens is 1. The van der Waals surface area contributed by atoms with Gasteiger partial charge in [0.2, 0.25) is 5.91 Å². The fourth-order valence-electron chi connectivity index (χ4n) is 1.10. The van der Waals surface area contributed by atoms with Crippen molar-refractivity contribution < 1.29 is 14.7 Å². The van der Waals surface area contributed by atoms with E-state index in [-0.39, 0.29) is 30.3 Å². The van der Waals surface area contributed by atoms with E-state index < -0.39 is 5.97 Å². The second kappa shape index (κ2) is 5.45. The summed E-state index contributed by atoms with van der Waals surface area (Å²) >= 11 is 1.04. The predicted octanol–water partition coefficient (Wildman–Crippen LogP) is -0.191. The maximum absolute atomic E-state index is 11.3. The largest absolute Gasteiger partial charge is 0.481 e. The van der Waals surface area contributed by atoms with Crippen molar-refractivity contribution in [3.05, 3.63) is 20.7 Å².